The van der Waals surface area contributed by atoms with Crippen molar-refractivity contribution in [2.75, 3.05) is 0 Å². The molecule has 0 spiro atoms. The summed E-state index contributed by atoms with van der Waals surface area (Å²) in [5.41, 5.74) is 7.97. The lowest BCUT2D eigenvalue weighted by molar-refractivity contribution is 0.436. The summed E-state index contributed by atoms with van der Waals surface area (Å²) in [6.07, 6.45) is 8.08. The molecule has 0 aliphatic heterocycles. The van der Waals surface area contributed by atoms with Crippen molar-refractivity contribution in [2.24, 2.45) is 0 Å². The van der Waals surface area contributed by atoms with Gasteiger partial charge in [-0.2, -0.15) is 0 Å². The van der Waals surface area contributed by atoms with E-state index in [4.69, 9.17) is 8.83 Å². The van der Waals surface area contributed by atoms with Crippen molar-refractivity contribution in [1.29, 1.82) is 0 Å². The molecule has 2 heteroatoms. The molecule has 0 saturated heterocycles. The SMILES string of the molecule is CCCC1(CCC)c2cc(-c3ccco3)ccc2-c2ccc(-c3ccco3)cc21. The lowest BCUT2D eigenvalue weighted by atomic mass is 9.71. The highest BCUT2D eigenvalue weighted by molar-refractivity contribution is 5.85. The van der Waals surface area contributed by atoms with Crippen molar-refractivity contribution >= 4 is 0 Å². The number of furan rings is 2. The minimum Gasteiger partial charge on any atom is -0.464 e. The van der Waals surface area contributed by atoms with Crippen LogP contribution in [-0.2, 0) is 5.41 Å². The molecule has 2 heterocycles. The third-order valence-electron chi connectivity index (χ3n) is 6.33. The molecule has 2 nitrogen and oxygen atoms in total. The fourth-order valence-electron chi connectivity index (χ4n) is 5.20. The fourth-order valence-corrected chi connectivity index (χ4v) is 5.20. The maximum absolute atomic E-state index is 5.70. The second-order valence-electron chi connectivity index (χ2n) is 8.06. The molecule has 0 radical (unpaired) electrons. The zero-order valence-electron chi connectivity index (χ0n) is 17.1. The van der Waals surface area contributed by atoms with Gasteiger partial charge in [0.05, 0.1) is 12.5 Å². The minimum absolute atomic E-state index is 0.0410. The predicted molar refractivity (Wildman–Crippen MR) is 118 cm³/mol. The van der Waals surface area contributed by atoms with Gasteiger partial charge in [-0.3, -0.25) is 0 Å². The highest BCUT2D eigenvalue weighted by Gasteiger charge is 2.42. The monoisotopic (exact) mass is 382 g/mol. The van der Waals surface area contributed by atoms with Gasteiger partial charge in [0.1, 0.15) is 11.5 Å². The molecule has 0 unspecified atom stereocenters. The summed E-state index contributed by atoms with van der Waals surface area (Å²) in [5, 5.41) is 0. The molecule has 2 aromatic carbocycles. The van der Waals surface area contributed by atoms with Crippen LogP contribution in [0.4, 0.5) is 0 Å². The molecule has 0 fully saturated rings. The summed E-state index contributed by atoms with van der Waals surface area (Å²) >= 11 is 0. The van der Waals surface area contributed by atoms with Crippen molar-refractivity contribution in [3.63, 3.8) is 0 Å². The Morgan fingerprint density at radius 2 is 1.14 bits per heavy atom. The van der Waals surface area contributed by atoms with Crippen LogP contribution in [0.25, 0.3) is 33.8 Å². The second-order valence-corrected chi connectivity index (χ2v) is 8.06. The van der Waals surface area contributed by atoms with Gasteiger partial charge in [0.2, 0.25) is 0 Å². The van der Waals surface area contributed by atoms with Crippen LogP contribution in [0.1, 0.15) is 50.7 Å². The van der Waals surface area contributed by atoms with E-state index < -0.39 is 0 Å². The molecule has 0 saturated carbocycles. The van der Waals surface area contributed by atoms with Crippen LogP contribution in [-0.4, -0.2) is 0 Å². The van der Waals surface area contributed by atoms with Crippen molar-refractivity contribution < 1.29 is 8.83 Å². The second kappa shape index (κ2) is 7.11. The number of hydrogen-bond acceptors (Lipinski definition) is 2. The summed E-state index contributed by atoms with van der Waals surface area (Å²) in [7, 11) is 0. The zero-order valence-corrected chi connectivity index (χ0v) is 17.1. The molecular weight excluding hydrogens is 356 g/mol. The Labute approximate surface area is 172 Å². The first-order chi connectivity index (χ1) is 14.3. The van der Waals surface area contributed by atoms with E-state index in [0.29, 0.717) is 0 Å². The predicted octanol–water partition coefficient (Wildman–Crippen LogP) is 8.07. The standard InChI is InChI=1S/C27H26O2/c1-3-13-27(14-4-2)23-17-19(25-7-5-15-28-25)9-11-21(23)22-12-10-20(18-24(22)27)26-8-6-16-29-26/h5-12,15-18H,3-4,13-14H2,1-2H3. The Bertz CT molecular complexity index is 1030. The van der Waals surface area contributed by atoms with Gasteiger partial charge in [0.25, 0.3) is 0 Å². The molecule has 1 aliphatic carbocycles. The van der Waals surface area contributed by atoms with Gasteiger partial charge in [0, 0.05) is 16.5 Å². The van der Waals surface area contributed by atoms with Crippen molar-refractivity contribution in [3.05, 3.63) is 84.3 Å². The first-order valence-corrected chi connectivity index (χ1v) is 10.6. The maximum Gasteiger partial charge on any atom is 0.133 e. The van der Waals surface area contributed by atoms with Crippen LogP contribution in [0.5, 0.6) is 0 Å². The maximum atomic E-state index is 5.70. The van der Waals surface area contributed by atoms with Gasteiger partial charge in [-0.25, -0.2) is 0 Å². The summed E-state index contributed by atoms with van der Waals surface area (Å²) in [6, 6.07) is 21.7. The zero-order chi connectivity index (χ0) is 19.8. The fraction of sp³-hybridized carbons (Fsp3) is 0.259. The van der Waals surface area contributed by atoms with Gasteiger partial charge < -0.3 is 8.83 Å². The Morgan fingerprint density at radius 1 is 0.655 bits per heavy atom. The molecule has 4 aromatic rings. The lowest BCUT2D eigenvalue weighted by Crippen LogP contribution is -2.25. The van der Waals surface area contributed by atoms with Crippen LogP contribution in [0.2, 0.25) is 0 Å². The molecule has 0 bridgehead atoms. The Hall–Kier alpha value is -3.00. The third kappa shape index (κ3) is 2.78. The van der Waals surface area contributed by atoms with Gasteiger partial charge in [-0.05, 0) is 71.5 Å². The van der Waals surface area contributed by atoms with E-state index in [2.05, 4.69) is 50.2 Å². The number of rotatable bonds is 6. The molecule has 1 aliphatic rings. The topological polar surface area (TPSA) is 26.3 Å². The average Bonchev–Trinajstić information content (AvgIpc) is 3.50. The van der Waals surface area contributed by atoms with Gasteiger partial charge in [-0.1, -0.05) is 51.0 Å². The summed E-state index contributed by atoms with van der Waals surface area (Å²) in [6.45, 7) is 4.59. The van der Waals surface area contributed by atoms with Crippen molar-refractivity contribution in [1.82, 2.24) is 0 Å². The number of benzene rings is 2. The largest absolute Gasteiger partial charge is 0.464 e. The van der Waals surface area contributed by atoms with Gasteiger partial charge >= 0.3 is 0 Å². The minimum atomic E-state index is 0.0410. The van der Waals surface area contributed by atoms with Gasteiger partial charge in [0.15, 0.2) is 0 Å². The van der Waals surface area contributed by atoms with Crippen LogP contribution < -0.4 is 0 Å². The molecule has 0 amide bonds. The highest BCUT2D eigenvalue weighted by atomic mass is 16.3. The van der Waals surface area contributed by atoms with E-state index >= 15 is 0 Å². The quantitative estimate of drug-likeness (QED) is 0.337. The van der Waals surface area contributed by atoms with Crippen LogP contribution >= 0.6 is 0 Å². The van der Waals surface area contributed by atoms with E-state index in [0.717, 1.165) is 48.3 Å². The number of hydrogen-bond donors (Lipinski definition) is 0. The van der Waals surface area contributed by atoms with Crippen molar-refractivity contribution in [2.45, 2.75) is 44.9 Å². The van der Waals surface area contributed by atoms with E-state index in [-0.39, 0.29) is 5.41 Å². The molecule has 29 heavy (non-hydrogen) atoms. The Kier molecular flexibility index (Phi) is 4.43. The van der Waals surface area contributed by atoms with E-state index in [1.54, 1.807) is 12.5 Å². The number of fused-ring (bicyclic) bond motifs is 3. The molecule has 2 aromatic heterocycles. The third-order valence-corrected chi connectivity index (χ3v) is 6.33. The van der Waals surface area contributed by atoms with Crippen LogP contribution in [0.15, 0.2) is 82.0 Å². The molecule has 0 atom stereocenters. The van der Waals surface area contributed by atoms with Crippen LogP contribution in [0, 0.1) is 0 Å². The van der Waals surface area contributed by atoms with Crippen molar-refractivity contribution in [3.8, 4) is 33.8 Å². The normalized spacial score (nSPS) is 14.0. The van der Waals surface area contributed by atoms with Gasteiger partial charge in [-0.15, -0.1) is 0 Å². The van der Waals surface area contributed by atoms with E-state index in [1.165, 1.54) is 22.3 Å². The summed E-state index contributed by atoms with van der Waals surface area (Å²) in [5.74, 6) is 1.86. The first-order valence-electron chi connectivity index (χ1n) is 10.6. The summed E-state index contributed by atoms with van der Waals surface area (Å²) in [4.78, 5) is 0. The Balaban J connectivity index is 1.74. The smallest absolute Gasteiger partial charge is 0.133 e. The average molecular weight is 383 g/mol. The van der Waals surface area contributed by atoms with Crippen LogP contribution in [0.3, 0.4) is 0 Å². The Morgan fingerprint density at radius 3 is 1.52 bits per heavy atom. The van der Waals surface area contributed by atoms with E-state index in [9.17, 15) is 0 Å². The lowest BCUT2D eigenvalue weighted by Gasteiger charge is -2.32. The van der Waals surface area contributed by atoms with E-state index in [1.807, 2.05) is 24.3 Å². The summed E-state index contributed by atoms with van der Waals surface area (Å²) < 4.78 is 11.4. The molecule has 146 valence electrons. The molecule has 0 N–H and O–H groups in total. The first kappa shape index (κ1) is 18.1. The highest BCUT2D eigenvalue weighted by Crippen LogP contribution is 2.55. The molecule has 5 rings (SSSR count). The molecular formula is C27H26O2.